The van der Waals surface area contributed by atoms with E-state index in [0.29, 0.717) is 12.8 Å². The summed E-state index contributed by atoms with van der Waals surface area (Å²) in [4.78, 5) is 34.9. The third-order valence-electron chi connectivity index (χ3n) is 8.42. The molecular formula is C47H78NO8P. The van der Waals surface area contributed by atoms with Gasteiger partial charge in [-0.2, -0.15) is 0 Å². The van der Waals surface area contributed by atoms with Crippen LogP contribution in [0.15, 0.2) is 97.2 Å². The lowest BCUT2D eigenvalue weighted by atomic mass is 10.1. The van der Waals surface area contributed by atoms with Gasteiger partial charge in [0.2, 0.25) is 0 Å². The molecule has 0 saturated heterocycles. The van der Waals surface area contributed by atoms with Gasteiger partial charge in [-0.25, -0.2) is 4.57 Å². The maximum Gasteiger partial charge on any atom is 0.472 e. The van der Waals surface area contributed by atoms with Gasteiger partial charge in [-0.05, 0) is 96.3 Å². The number of allylic oxidation sites excluding steroid dienone is 16. The topological polar surface area (TPSA) is 134 Å². The highest BCUT2D eigenvalue weighted by atomic mass is 31.2. The van der Waals surface area contributed by atoms with E-state index >= 15 is 0 Å². The lowest BCUT2D eigenvalue weighted by Crippen LogP contribution is -2.29. The molecule has 324 valence electrons. The average Bonchev–Trinajstić information content (AvgIpc) is 3.20. The quantitative estimate of drug-likeness (QED) is 0.0269. The molecule has 57 heavy (non-hydrogen) atoms. The Labute approximate surface area is 346 Å². The first-order valence-electron chi connectivity index (χ1n) is 21.7. The highest BCUT2D eigenvalue weighted by Gasteiger charge is 2.25. The maximum atomic E-state index is 12.6. The van der Waals surface area contributed by atoms with E-state index in [1.165, 1.54) is 32.1 Å². The number of carbonyl (C=O) groups is 2. The van der Waals surface area contributed by atoms with Crippen LogP contribution in [0.4, 0.5) is 0 Å². The zero-order chi connectivity index (χ0) is 41.8. The van der Waals surface area contributed by atoms with E-state index in [1.54, 1.807) is 0 Å². The van der Waals surface area contributed by atoms with Gasteiger partial charge in [0.1, 0.15) is 6.61 Å². The first-order chi connectivity index (χ1) is 27.8. The van der Waals surface area contributed by atoms with E-state index in [0.717, 1.165) is 83.5 Å². The van der Waals surface area contributed by atoms with Gasteiger partial charge in [-0.1, -0.05) is 143 Å². The number of carbonyl (C=O) groups excluding carboxylic acids is 2. The molecule has 0 fully saturated rings. The largest absolute Gasteiger partial charge is 0.472 e. The van der Waals surface area contributed by atoms with Gasteiger partial charge in [-0.3, -0.25) is 18.6 Å². The van der Waals surface area contributed by atoms with Crippen LogP contribution >= 0.6 is 7.82 Å². The number of hydrogen-bond acceptors (Lipinski definition) is 8. The van der Waals surface area contributed by atoms with E-state index in [4.69, 9.17) is 24.3 Å². The van der Waals surface area contributed by atoms with Gasteiger partial charge in [0.25, 0.3) is 0 Å². The summed E-state index contributed by atoms with van der Waals surface area (Å²) in [6.45, 7) is 3.53. The van der Waals surface area contributed by atoms with Crippen molar-refractivity contribution in [1.82, 2.24) is 0 Å². The Bertz CT molecular complexity index is 1250. The van der Waals surface area contributed by atoms with Gasteiger partial charge in [0.05, 0.1) is 13.2 Å². The Balaban J connectivity index is 4.31. The predicted octanol–water partition coefficient (Wildman–Crippen LogP) is 12.6. The molecule has 0 rings (SSSR count). The highest BCUT2D eigenvalue weighted by molar-refractivity contribution is 7.47. The summed E-state index contributed by atoms with van der Waals surface area (Å²) in [5, 5.41) is 0. The monoisotopic (exact) mass is 816 g/mol. The molecule has 10 heteroatoms. The molecule has 0 aromatic rings. The lowest BCUT2D eigenvalue weighted by Gasteiger charge is -2.19. The Morgan fingerprint density at radius 3 is 1.39 bits per heavy atom. The van der Waals surface area contributed by atoms with Gasteiger partial charge in [0.15, 0.2) is 6.10 Å². The molecule has 2 atom stereocenters. The van der Waals surface area contributed by atoms with Crippen LogP contribution in [-0.4, -0.2) is 49.3 Å². The van der Waals surface area contributed by atoms with Crippen molar-refractivity contribution in [1.29, 1.82) is 0 Å². The predicted molar refractivity (Wildman–Crippen MR) is 238 cm³/mol. The van der Waals surface area contributed by atoms with Crippen LogP contribution < -0.4 is 5.73 Å². The zero-order valence-electron chi connectivity index (χ0n) is 35.5. The molecular weight excluding hydrogens is 737 g/mol. The number of phosphoric ester groups is 1. The number of rotatable bonds is 39. The van der Waals surface area contributed by atoms with Crippen LogP contribution in [0.2, 0.25) is 0 Å². The molecule has 0 aromatic carbocycles. The first kappa shape index (κ1) is 53.9. The minimum atomic E-state index is -4.40. The van der Waals surface area contributed by atoms with Crippen LogP contribution in [0.25, 0.3) is 0 Å². The molecule has 0 aliphatic heterocycles. The number of esters is 2. The Morgan fingerprint density at radius 1 is 0.526 bits per heavy atom. The molecule has 0 radical (unpaired) electrons. The number of ether oxygens (including phenoxy) is 2. The van der Waals surface area contributed by atoms with Crippen LogP contribution in [-0.2, 0) is 32.7 Å². The highest BCUT2D eigenvalue weighted by Crippen LogP contribution is 2.43. The fourth-order valence-electron chi connectivity index (χ4n) is 5.19. The summed E-state index contributed by atoms with van der Waals surface area (Å²) in [5.41, 5.74) is 5.34. The van der Waals surface area contributed by atoms with E-state index in [1.807, 2.05) is 0 Å². The molecule has 0 aliphatic carbocycles. The summed E-state index contributed by atoms with van der Waals surface area (Å²) in [7, 11) is -4.40. The van der Waals surface area contributed by atoms with Crippen molar-refractivity contribution in [3.05, 3.63) is 97.2 Å². The summed E-state index contributed by atoms with van der Waals surface area (Å²) < 4.78 is 32.7. The molecule has 0 amide bonds. The number of unbranched alkanes of at least 4 members (excludes halogenated alkanes) is 10. The first-order valence-corrected chi connectivity index (χ1v) is 23.2. The Hall–Kier alpha value is -3.07. The summed E-state index contributed by atoms with van der Waals surface area (Å²) in [6.07, 6.45) is 54.3. The van der Waals surface area contributed by atoms with Crippen molar-refractivity contribution < 1.29 is 37.6 Å². The summed E-state index contributed by atoms with van der Waals surface area (Å²) in [6, 6.07) is 0. The molecule has 0 bridgehead atoms. The van der Waals surface area contributed by atoms with Gasteiger partial charge < -0.3 is 20.1 Å². The molecule has 0 spiro atoms. The van der Waals surface area contributed by atoms with Crippen LogP contribution in [0.3, 0.4) is 0 Å². The second kappa shape index (κ2) is 42.5. The van der Waals surface area contributed by atoms with Crippen molar-refractivity contribution >= 4 is 19.8 Å². The molecule has 0 aliphatic rings. The number of nitrogens with two attached hydrogens (primary N) is 1. The third-order valence-corrected chi connectivity index (χ3v) is 9.41. The van der Waals surface area contributed by atoms with Gasteiger partial charge in [-0.15, -0.1) is 0 Å². The molecule has 0 aromatic heterocycles. The maximum absolute atomic E-state index is 12.6. The fraction of sp³-hybridized carbons (Fsp3) is 0.617. The normalized spacial score (nSPS) is 14.2. The molecule has 9 nitrogen and oxygen atoms in total. The third kappa shape index (κ3) is 42.4. The van der Waals surface area contributed by atoms with Crippen molar-refractivity contribution in [2.24, 2.45) is 5.73 Å². The number of phosphoric acid groups is 1. The molecule has 0 saturated carbocycles. The molecule has 1 unspecified atom stereocenters. The van der Waals surface area contributed by atoms with E-state index in [2.05, 4.69) is 111 Å². The summed E-state index contributed by atoms with van der Waals surface area (Å²) >= 11 is 0. The van der Waals surface area contributed by atoms with Gasteiger partial charge in [0, 0.05) is 19.4 Å². The van der Waals surface area contributed by atoms with Crippen molar-refractivity contribution in [3.63, 3.8) is 0 Å². The van der Waals surface area contributed by atoms with Gasteiger partial charge >= 0.3 is 19.8 Å². The van der Waals surface area contributed by atoms with Crippen LogP contribution in [0.5, 0.6) is 0 Å². The Kier molecular flexibility index (Phi) is 40.2. The lowest BCUT2D eigenvalue weighted by molar-refractivity contribution is -0.161. The number of hydrogen-bond donors (Lipinski definition) is 2. The minimum Gasteiger partial charge on any atom is -0.462 e. The standard InChI is InChI=1S/C47H78NO8P/c1-3-5-7-9-11-13-15-17-19-21-22-24-25-27-29-31-33-35-37-39-46(49)53-43-45(44-55-57(51,52)54-42-41-48)56-47(50)40-38-36-34-32-30-28-26-23-20-18-16-14-12-10-8-6-4-2/h8,10-11,13-14,16-17,19-20,22-24,27-30,45H,3-7,9,12,15,18,21,25-26,31-44,48H2,1-2H3,(H,51,52)/b10-8+,13-11+,16-14+,19-17+,23-20+,24-22+,29-27+,30-28+/t45-/m1/s1. The van der Waals surface area contributed by atoms with Crippen LogP contribution in [0.1, 0.15) is 155 Å². The second-order valence-corrected chi connectivity index (χ2v) is 15.3. The Morgan fingerprint density at radius 2 is 0.947 bits per heavy atom. The van der Waals surface area contributed by atoms with Crippen molar-refractivity contribution in [2.45, 2.75) is 161 Å². The smallest absolute Gasteiger partial charge is 0.462 e. The minimum absolute atomic E-state index is 0.0375. The zero-order valence-corrected chi connectivity index (χ0v) is 36.4. The van der Waals surface area contributed by atoms with E-state index < -0.39 is 32.5 Å². The van der Waals surface area contributed by atoms with Crippen molar-refractivity contribution in [3.8, 4) is 0 Å². The van der Waals surface area contributed by atoms with E-state index in [9.17, 15) is 19.0 Å². The average molecular weight is 816 g/mol. The SMILES string of the molecule is CCC/C=C/C/C=C/C/C=C/C/C=C/CCCCCC(=O)O[C@H](COC(=O)CCCCC/C=C/C/C=C/C/C=C/C/C=C/CCCCC)COP(=O)(O)OCCN. The molecule has 3 N–H and O–H groups in total. The van der Waals surface area contributed by atoms with Crippen LogP contribution in [0, 0.1) is 0 Å². The molecule has 0 heterocycles. The fourth-order valence-corrected chi connectivity index (χ4v) is 5.96. The second-order valence-electron chi connectivity index (χ2n) is 13.8. The summed E-state index contributed by atoms with van der Waals surface area (Å²) in [5.74, 6) is -0.912. The van der Waals surface area contributed by atoms with Crippen molar-refractivity contribution in [2.75, 3.05) is 26.4 Å². The van der Waals surface area contributed by atoms with E-state index in [-0.39, 0.29) is 32.6 Å².